The molecule has 2 fully saturated rings. The van der Waals surface area contributed by atoms with Crippen LogP contribution in [0.4, 0.5) is 0 Å². The number of carbonyl (C=O) groups is 7. The standard InChI is InChI=1S/C62H90N13O14P.CN.Co/c1-29-20-39-40(21-30(29)2)75(28-70-39)57-52(84)53(41(27-76)87-57)89-90(85,86)88-31(3)26-69-49(83)18-19-59(8)37(22-46(66)80)56-62(11)61(10,25-48(68)82)36(14-17-45(65)79)51(74-62)33(5)55-60(9,24-47(67)81)34(12-15-43(63)77)38(71-55)23-42-58(6,7)35(13-16-44(64)78)50(72-42)32(4)54(59)73-56;1-2;/h20-21,23,28,31,34-37,41,52-53,56-57,76,84H,12-19,22,24-27H2,1-11H3,(H15,63,64,65,66,67,68,69,71,72,73,74,77,78,79,80,81,82,83,85,86);;/q;-1;+2/p-2/t31-,34+,35+,36+,37-,41+,52+,53+,56+,57-,59+,60-,61-,62-;;/m0../s1. The summed E-state index contributed by atoms with van der Waals surface area (Å²) in [6.45, 7) is 23.7. The zero-order chi connectivity index (χ0) is 68.7. The number of ether oxygens (including phenoxy) is 1. The van der Waals surface area contributed by atoms with Gasteiger partial charge in [0, 0.05) is 108 Å². The van der Waals surface area contributed by atoms with Crippen LogP contribution in [0.5, 0.6) is 0 Å². The third-order valence-electron chi connectivity index (χ3n) is 20.5. The Labute approximate surface area is 551 Å². The maximum absolute atomic E-state index is 14.4. The number of nitrogens with zero attached hydrogens (tertiary/aromatic N) is 7. The molecule has 2 saturated heterocycles. The number of phosphoric acid groups is 1. The third kappa shape index (κ3) is 14.6. The number of nitrogens with two attached hydrogens (primary N) is 6. The number of aryl methyl sites for hydroxylation is 2. The maximum atomic E-state index is 14.4. The van der Waals surface area contributed by atoms with Crippen molar-refractivity contribution < 1.29 is 83.8 Å². The minimum atomic E-state index is -5.32. The Kier molecular flexibility index (Phi) is 23.0. The van der Waals surface area contributed by atoms with Crippen LogP contribution in [0, 0.1) is 71.0 Å². The van der Waals surface area contributed by atoms with Crippen molar-refractivity contribution in [3.63, 3.8) is 0 Å². The topological polar surface area (TPSA) is 489 Å². The number of hydrogen-bond acceptors (Lipinski definition) is 19. The first-order valence-corrected chi connectivity index (χ1v) is 32.2. The van der Waals surface area contributed by atoms with Crippen molar-refractivity contribution in [2.45, 2.75) is 189 Å². The number of nitrogens with one attached hydrogen (secondary N) is 1. The van der Waals surface area contributed by atoms with Crippen LogP contribution in [0.1, 0.15) is 150 Å². The van der Waals surface area contributed by atoms with Crippen molar-refractivity contribution in [2.75, 3.05) is 13.2 Å². The zero-order valence-electron chi connectivity index (χ0n) is 54.4. The largest absolute Gasteiger partial charge is 2.00 e. The van der Waals surface area contributed by atoms with E-state index in [1.165, 1.54) is 17.8 Å². The van der Waals surface area contributed by atoms with E-state index in [9.17, 15) is 53.2 Å². The minimum Gasteiger partial charge on any atom is -0.756 e. The Morgan fingerprint density at radius 2 is 1.39 bits per heavy atom. The van der Waals surface area contributed by atoms with Crippen LogP contribution in [0.25, 0.3) is 16.4 Å². The van der Waals surface area contributed by atoms with Gasteiger partial charge in [0.2, 0.25) is 41.4 Å². The van der Waals surface area contributed by atoms with E-state index in [0.717, 1.165) is 11.1 Å². The average Bonchev–Trinajstić information content (AvgIpc) is 1.53. The molecule has 1 aromatic carbocycles. The molecule has 1 unspecified atom stereocenters. The smallest absolute Gasteiger partial charge is 0.756 e. The van der Waals surface area contributed by atoms with Gasteiger partial charge in [0.05, 0.1) is 41.3 Å². The van der Waals surface area contributed by atoms with E-state index in [0.29, 0.717) is 56.4 Å². The Morgan fingerprint density at radius 1 is 0.806 bits per heavy atom. The Bertz CT molecular complexity index is 3600. The van der Waals surface area contributed by atoms with E-state index in [-0.39, 0.29) is 94.0 Å². The van der Waals surface area contributed by atoms with E-state index in [1.54, 1.807) is 6.92 Å². The summed E-state index contributed by atoms with van der Waals surface area (Å²) in [5.74, 6) is -7.40. The van der Waals surface area contributed by atoms with Gasteiger partial charge in [0.15, 0.2) is 6.23 Å². The molecule has 15 atom stereocenters. The third-order valence-corrected chi connectivity index (χ3v) is 21.6. The molecule has 15 N–H and O–H groups in total. The first kappa shape index (κ1) is 75.0. The van der Waals surface area contributed by atoms with Gasteiger partial charge in [-0.15, -0.1) is 0 Å². The number of aromatic nitrogens is 2. The van der Waals surface area contributed by atoms with Gasteiger partial charge in [-0.3, -0.25) is 53.1 Å². The first-order valence-electron chi connectivity index (χ1n) is 30.7. The molecule has 8 rings (SSSR count). The number of amides is 7. The van der Waals surface area contributed by atoms with E-state index >= 15 is 0 Å². The molecule has 8 bridgehead atoms. The molecule has 2 aromatic rings. The second-order valence-corrected chi connectivity index (χ2v) is 28.3. The van der Waals surface area contributed by atoms with Crippen LogP contribution in [0.15, 0.2) is 67.8 Å². The molecule has 93 heavy (non-hydrogen) atoms. The fourth-order valence-electron chi connectivity index (χ4n) is 15.3. The van der Waals surface area contributed by atoms with Crippen LogP contribution in [-0.4, -0.2) is 127 Å². The summed E-state index contributed by atoms with van der Waals surface area (Å²) >= 11 is 0. The number of primary amides is 6. The molecule has 1 aromatic heterocycles. The number of rotatable bonds is 26. The molecule has 0 aliphatic carbocycles. The number of aliphatic hydroxyl groups is 2. The predicted molar refractivity (Wildman–Crippen MR) is 337 cm³/mol. The summed E-state index contributed by atoms with van der Waals surface area (Å²) in [4.78, 5) is 128. The van der Waals surface area contributed by atoms with Gasteiger partial charge in [-0.2, -0.15) is 5.70 Å². The van der Waals surface area contributed by atoms with Crippen molar-refractivity contribution in [1.29, 1.82) is 5.26 Å². The maximum Gasteiger partial charge on any atom is 2.00 e. The van der Waals surface area contributed by atoms with Crippen molar-refractivity contribution in [3.8, 4) is 0 Å². The monoisotopic (exact) mass is 1350 g/mol. The summed E-state index contributed by atoms with van der Waals surface area (Å²) < 4.78 is 31.9. The van der Waals surface area contributed by atoms with Gasteiger partial charge < -0.3 is 90.3 Å². The number of aliphatic hydroxyl groups excluding tert-OH is 2. The number of fused-ring (bicyclic) bond motifs is 7. The first-order chi connectivity index (χ1) is 42.8. The van der Waals surface area contributed by atoms with Crippen molar-refractivity contribution in [3.05, 3.63) is 75.8 Å². The molecule has 7 amide bonds. The van der Waals surface area contributed by atoms with Crippen LogP contribution in [0.3, 0.4) is 0 Å². The van der Waals surface area contributed by atoms with E-state index in [4.69, 9.17) is 80.3 Å². The summed E-state index contributed by atoms with van der Waals surface area (Å²) in [5.41, 5.74) is 36.7. The van der Waals surface area contributed by atoms with E-state index in [1.807, 2.05) is 80.5 Å². The van der Waals surface area contributed by atoms with Crippen molar-refractivity contribution in [2.24, 2.45) is 94.7 Å². The predicted octanol–water partition coefficient (Wildman–Crippen LogP) is 3.41. The van der Waals surface area contributed by atoms with E-state index < -0.39 is 143 Å². The Hall–Kier alpha value is -7.00. The number of carbonyl (C=O) groups excluding carboxylic acids is 7. The molecule has 30 heteroatoms. The molecular formula is C63H88CoN14O14P-. The van der Waals surface area contributed by atoms with Crippen LogP contribution >= 0.6 is 7.82 Å². The molecule has 28 nitrogen and oxygen atoms in total. The SMILES string of the molecule is C/C1=C2/[N-][C@H]([C@H](CC(N)=O)[C@@]2(C)CCC(=O)NC[C@H](C)OP(=O)([O-])O[C@H]2[C@@H](O)[C@@H](n3cnc4cc(C)c(C)cc43)O[C@@H]2CO)[C@]2(C)N=C(/C(C)=C3N=C(/C=C4N=C1[C@@H](CCC(N)=O)C\4(C)C)[C@@H](CCC(N)=O)[C@]\3(C)CC(N)=O)[C@@H](CCC(N)=O)[C@]2(C)CC(N)=O.[C-]#N.[Co+2]. The zero-order valence-corrected chi connectivity index (χ0v) is 56.4. The Balaban J connectivity index is 0.00000453. The van der Waals surface area contributed by atoms with Gasteiger partial charge in [0.25, 0.3) is 7.82 Å². The Morgan fingerprint density at radius 3 is 1.96 bits per heavy atom. The quantitative estimate of drug-likeness (QED) is 0.0481. The molecule has 1 radical (unpaired) electrons. The molecule has 7 heterocycles. The fourth-order valence-corrected chi connectivity index (χ4v) is 16.4. The van der Waals surface area contributed by atoms with Gasteiger partial charge in [-0.1, -0.05) is 40.7 Å². The van der Waals surface area contributed by atoms with Crippen LogP contribution in [-0.2, 0) is 68.7 Å². The molecule has 0 saturated carbocycles. The summed E-state index contributed by atoms with van der Waals surface area (Å²) in [5, 5.41) is 36.4. The number of aliphatic imine (C=N–C) groups is 3. The van der Waals surface area contributed by atoms with Gasteiger partial charge >= 0.3 is 16.8 Å². The number of benzene rings is 1. The minimum absolute atomic E-state index is 0. The average molecular weight is 1360 g/mol. The number of imidazole rings is 1. The number of phosphoric ester groups is 1. The molecule has 6 aliphatic heterocycles. The summed E-state index contributed by atoms with van der Waals surface area (Å²) in [6, 6.07) is 2.65. The molecular weight excluding hydrogens is 1270 g/mol. The van der Waals surface area contributed by atoms with Crippen LogP contribution in [0.2, 0.25) is 0 Å². The van der Waals surface area contributed by atoms with Gasteiger partial charge in [-0.05, 0) is 119 Å². The van der Waals surface area contributed by atoms with E-state index in [2.05, 4.69) is 10.3 Å². The van der Waals surface area contributed by atoms with Gasteiger partial charge in [0.1, 0.15) is 18.3 Å². The number of allylic oxidation sites excluding steroid dienone is 6. The summed E-state index contributed by atoms with van der Waals surface area (Å²) in [7, 11) is -5.32. The molecule has 509 valence electrons. The fraction of sp³-hybridized carbons (Fsp3) is 0.619. The molecule has 6 aliphatic rings. The summed E-state index contributed by atoms with van der Waals surface area (Å²) in [6.07, 6.45) is -4.79. The second-order valence-electron chi connectivity index (χ2n) is 27.0. The number of hydrogen-bond donors (Lipinski definition) is 9. The second kappa shape index (κ2) is 28.5. The van der Waals surface area contributed by atoms with Crippen molar-refractivity contribution >= 4 is 77.3 Å². The van der Waals surface area contributed by atoms with Gasteiger partial charge in [-0.25, -0.2) is 4.98 Å². The normalized spacial score (nSPS) is 33.1. The van der Waals surface area contributed by atoms with Crippen molar-refractivity contribution in [1.82, 2.24) is 14.9 Å². The van der Waals surface area contributed by atoms with Crippen LogP contribution < -0.4 is 44.6 Å². The molecule has 0 spiro atoms.